The summed E-state index contributed by atoms with van der Waals surface area (Å²) in [6.45, 7) is 0.353. The fraction of sp³-hybridized carbons (Fsp3) is 0.150. The van der Waals surface area contributed by atoms with Crippen molar-refractivity contribution >= 4 is 63.5 Å². The number of halogens is 1. The summed E-state index contributed by atoms with van der Waals surface area (Å²) in [7, 11) is 0. The summed E-state index contributed by atoms with van der Waals surface area (Å²) in [6.07, 6.45) is 2.34. The maximum atomic E-state index is 12.6. The molecule has 1 aliphatic rings. The van der Waals surface area contributed by atoms with E-state index in [0.29, 0.717) is 32.8 Å². The molecular formula is C20H17ClN2O3S2. The average Bonchev–Trinajstić information content (AvgIpc) is 2.93. The van der Waals surface area contributed by atoms with E-state index in [2.05, 4.69) is 5.32 Å². The van der Waals surface area contributed by atoms with E-state index in [0.717, 1.165) is 5.69 Å². The van der Waals surface area contributed by atoms with Crippen molar-refractivity contribution in [3.8, 4) is 5.75 Å². The van der Waals surface area contributed by atoms with Crippen LogP contribution < -0.4 is 5.32 Å². The predicted octanol–water partition coefficient (Wildman–Crippen LogP) is 4.67. The van der Waals surface area contributed by atoms with Gasteiger partial charge in [0.15, 0.2) is 0 Å². The third-order valence-electron chi connectivity index (χ3n) is 3.99. The monoisotopic (exact) mass is 432 g/mol. The number of anilines is 1. The van der Waals surface area contributed by atoms with Crippen molar-refractivity contribution in [3.63, 3.8) is 0 Å². The van der Waals surface area contributed by atoms with Crippen LogP contribution in [0.1, 0.15) is 18.4 Å². The lowest BCUT2D eigenvalue weighted by molar-refractivity contribution is -0.122. The van der Waals surface area contributed by atoms with E-state index in [9.17, 15) is 14.7 Å². The van der Waals surface area contributed by atoms with Crippen molar-refractivity contribution in [1.29, 1.82) is 0 Å². The maximum Gasteiger partial charge on any atom is 0.266 e. The zero-order valence-electron chi connectivity index (χ0n) is 14.7. The van der Waals surface area contributed by atoms with Crippen LogP contribution in [0.15, 0.2) is 53.4 Å². The van der Waals surface area contributed by atoms with E-state index in [-0.39, 0.29) is 24.0 Å². The number of thiocarbonyl (C=S) groups is 1. The van der Waals surface area contributed by atoms with Crippen molar-refractivity contribution in [2.75, 3.05) is 11.9 Å². The number of aromatic hydroxyl groups is 1. The van der Waals surface area contributed by atoms with Crippen molar-refractivity contribution < 1.29 is 14.7 Å². The number of benzene rings is 2. The highest BCUT2D eigenvalue weighted by Gasteiger charge is 2.31. The number of nitrogens with zero attached hydrogens (tertiary/aromatic N) is 1. The fourth-order valence-electron chi connectivity index (χ4n) is 2.62. The molecule has 1 saturated heterocycles. The van der Waals surface area contributed by atoms with Crippen LogP contribution in [0.4, 0.5) is 5.69 Å². The second-order valence-corrected chi connectivity index (χ2v) is 8.17. The Morgan fingerprint density at radius 1 is 1.25 bits per heavy atom. The molecule has 2 aromatic rings. The van der Waals surface area contributed by atoms with Gasteiger partial charge in [0.05, 0.1) is 4.91 Å². The molecule has 1 aliphatic heterocycles. The Bertz CT molecular complexity index is 948. The van der Waals surface area contributed by atoms with Gasteiger partial charge in [-0.25, -0.2) is 0 Å². The van der Waals surface area contributed by atoms with Gasteiger partial charge < -0.3 is 10.4 Å². The largest absolute Gasteiger partial charge is 0.507 e. The number of nitrogens with one attached hydrogen (secondary N) is 1. The van der Waals surface area contributed by atoms with Crippen molar-refractivity contribution in [2.45, 2.75) is 12.8 Å². The van der Waals surface area contributed by atoms with Gasteiger partial charge in [-0.3, -0.25) is 14.5 Å². The molecule has 0 saturated carbocycles. The summed E-state index contributed by atoms with van der Waals surface area (Å²) in [5.74, 6) is -0.318. The molecule has 0 spiro atoms. The molecule has 144 valence electrons. The molecule has 2 amide bonds. The lowest BCUT2D eigenvalue weighted by atomic mass is 10.2. The first-order valence-electron chi connectivity index (χ1n) is 8.53. The second-order valence-electron chi connectivity index (χ2n) is 6.05. The first-order valence-corrected chi connectivity index (χ1v) is 10.1. The highest BCUT2D eigenvalue weighted by atomic mass is 35.5. The fourth-order valence-corrected chi connectivity index (χ4v) is 4.10. The summed E-state index contributed by atoms with van der Waals surface area (Å²) in [5, 5.41) is 13.2. The number of carbonyl (C=O) groups is 2. The molecule has 28 heavy (non-hydrogen) atoms. The standard InChI is InChI=1S/C20H17ClN2O3S2/c21-14-8-9-16(24)13(11-14)12-17-19(26)23(20(27)28-17)10-4-7-18(25)22-15-5-2-1-3-6-15/h1-3,5-6,8-9,11-12,24H,4,7,10H2,(H,22,25)/b17-12-. The average molecular weight is 433 g/mol. The van der Waals surface area contributed by atoms with Gasteiger partial charge in [-0.15, -0.1) is 0 Å². The van der Waals surface area contributed by atoms with E-state index in [4.69, 9.17) is 23.8 Å². The Morgan fingerprint density at radius 3 is 2.75 bits per heavy atom. The molecule has 0 radical (unpaired) electrons. The van der Waals surface area contributed by atoms with E-state index in [1.54, 1.807) is 18.2 Å². The molecule has 0 atom stereocenters. The number of hydrogen-bond donors (Lipinski definition) is 2. The molecular weight excluding hydrogens is 416 g/mol. The van der Waals surface area contributed by atoms with Gasteiger partial charge in [0.2, 0.25) is 5.91 Å². The third kappa shape index (κ3) is 5.13. The van der Waals surface area contributed by atoms with E-state index in [1.807, 2.05) is 30.3 Å². The summed E-state index contributed by atoms with van der Waals surface area (Å²) < 4.78 is 0.432. The van der Waals surface area contributed by atoms with Crippen molar-refractivity contribution in [1.82, 2.24) is 4.90 Å². The summed E-state index contributed by atoms with van der Waals surface area (Å²) >= 11 is 12.4. The van der Waals surface area contributed by atoms with Crippen molar-refractivity contribution in [2.24, 2.45) is 0 Å². The van der Waals surface area contributed by atoms with Crippen LogP contribution in [-0.2, 0) is 9.59 Å². The van der Waals surface area contributed by atoms with Crippen LogP contribution in [0.3, 0.4) is 0 Å². The van der Waals surface area contributed by atoms with Crippen LogP contribution in [0, 0.1) is 0 Å². The van der Waals surface area contributed by atoms with Gasteiger partial charge >= 0.3 is 0 Å². The Balaban J connectivity index is 1.57. The Kier molecular flexibility index (Phi) is 6.72. The minimum absolute atomic E-state index is 0.0345. The Labute approximate surface area is 177 Å². The van der Waals surface area contributed by atoms with Crippen LogP contribution in [-0.4, -0.2) is 32.7 Å². The number of carbonyl (C=O) groups excluding carboxylic acids is 2. The molecule has 0 aliphatic carbocycles. The summed E-state index contributed by atoms with van der Waals surface area (Å²) in [6, 6.07) is 13.8. The first-order chi connectivity index (χ1) is 13.4. The predicted molar refractivity (Wildman–Crippen MR) is 117 cm³/mol. The van der Waals surface area contributed by atoms with Crippen LogP contribution >= 0.6 is 35.6 Å². The maximum absolute atomic E-state index is 12.6. The minimum atomic E-state index is -0.238. The smallest absolute Gasteiger partial charge is 0.266 e. The Hall–Kier alpha value is -2.35. The molecule has 3 rings (SSSR count). The number of thioether (sulfide) groups is 1. The molecule has 0 aromatic heterocycles. The van der Waals surface area contributed by atoms with Gasteiger partial charge in [-0.05, 0) is 42.8 Å². The number of phenolic OH excluding ortho intramolecular Hbond substituents is 1. The molecule has 0 unspecified atom stereocenters. The number of hydrogen-bond acceptors (Lipinski definition) is 5. The zero-order valence-corrected chi connectivity index (χ0v) is 17.1. The van der Waals surface area contributed by atoms with Gasteiger partial charge in [0.25, 0.3) is 5.91 Å². The zero-order chi connectivity index (χ0) is 20.1. The number of amides is 2. The lowest BCUT2D eigenvalue weighted by Crippen LogP contribution is -2.29. The molecule has 8 heteroatoms. The normalized spacial score (nSPS) is 15.3. The molecule has 5 nitrogen and oxygen atoms in total. The van der Waals surface area contributed by atoms with Crippen LogP contribution in [0.2, 0.25) is 5.02 Å². The van der Waals surface area contributed by atoms with Gasteiger partial charge in [-0.1, -0.05) is 53.8 Å². The van der Waals surface area contributed by atoms with Crippen LogP contribution in [0.5, 0.6) is 5.75 Å². The molecule has 2 N–H and O–H groups in total. The number of para-hydroxylation sites is 1. The topological polar surface area (TPSA) is 69.6 Å². The van der Waals surface area contributed by atoms with E-state index >= 15 is 0 Å². The number of rotatable bonds is 6. The third-order valence-corrected chi connectivity index (χ3v) is 5.61. The summed E-state index contributed by atoms with van der Waals surface area (Å²) in [4.78, 5) is 26.5. The Morgan fingerprint density at radius 2 is 2.00 bits per heavy atom. The highest BCUT2D eigenvalue weighted by molar-refractivity contribution is 8.26. The number of phenols is 1. The second kappa shape index (κ2) is 9.23. The van der Waals surface area contributed by atoms with Gasteiger partial charge in [-0.2, -0.15) is 0 Å². The lowest BCUT2D eigenvalue weighted by Gasteiger charge is -2.14. The van der Waals surface area contributed by atoms with Crippen LogP contribution in [0.25, 0.3) is 6.08 Å². The van der Waals surface area contributed by atoms with E-state index in [1.165, 1.54) is 22.7 Å². The molecule has 1 fully saturated rings. The quantitative estimate of drug-likeness (QED) is 0.513. The molecule has 1 heterocycles. The SMILES string of the molecule is O=C(CCCN1C(=O)/C(=C/c2cc(Cl)ccc2O)SC1=S)Nc1ccccc1. The minimum Gasteiger partial charge on any atom is -0.507 e. The molecule has 0 bridgehead atoms. The van der Waals surface area contributed by atoms with E-state index < -0.39 is 0 Å². The highest BCUT2D eigenvalue weighted by Crippen LogP contribution is 2.34. The van der Waals surface area contributed by atoms with Gasteiger partial charge in [0.1, 0.15) is 10.1 Å². The summed E-state index contributed by atoms with van der Waals surface area (Å²) in [5.41, 5.74) is 1.19. The van der Waals surface area contributed by atoms with Gasteiger partial charge in [0, 0.05) is 29.2 Å². The molecule has 2 aromatic carbocycles. The first kappa shape index (κ1) is 20.4. The van der Waals surface area contributed by atoms with Crippen molar-refractivity contribution in [3.05, 3.63) is 64.0 Å².